The minimum absolute atomic E-state index is 0.192. The van der Waals surface area contributed by atoms with Crippen LogP contribution < -0.4 is 10.1 Å². The number of rotatable bonds is 7. The van der Waals surface area contributed by atoms with Gasteiger partial charge in [-0.3, -0.25) is 4.79 Å². The molecule has 0 spiro atoms. The van der Waals surface area contributed by atoms with E-state index in [4.69, 9.17) is 4.74 Å². The van der Waals surface area contributed by atoms with Crippen LogP contribution in [0.3, 0.4) is 0 Å². The van der Waals surface area contributed by atoms with Crippen molar-refractivity contribution in [3.05, 3.63) is 94.2 Å². The largest absolute Gasteiger partial charge is 0.486 e. The lowest BCUT2D eigenvalue weighted by atomic mass is 10.2. The number of amides is 1. The van der Waals surface area contributed by atoms with Crippen LogP contribution in [0.25, 0.3) is 5.69 Å². The standard InChI is InChI=1S/C22H20N4O2S/c1-16-25-18(15-29-16)14-28-21-10-6-5-9-20(21)22(27)23-11-17-12-24-26(13-17)19-7-3-2-4-8-19/h2-10,12-13,15H,11,14H2,1H3,(H,23,27). The molecule has 0 atom stereocenters. The Morgan fingerprint density at radius 1 is 1.14 bits per heavy atom. The number of carbonyl (C=O) groups is 1. The average molecular weight is 404 g/mol. The van der Waals surface area contributed by atoms with Crippen molar-refractivity contribution in [1.82, 2.24) is 20.1 Å². The summed E-state index contributed by atoms with van der Waals surface area (Å²) in [5, 5.41) is 10.2. The summed E-state index contributed by atoms with van der Waals surface area (Å²) in [5.41, 5.74) is 3.24. The third kappa shape index (κ3) is 4.70. The van der Waals surface area contributed by atoms with Crippen LogP contribution in [0.4, 0.5) is 0 Å². The fourth-order valence-corrected chi connectivity index (χ4v) is 3.45. The van der Waals surface area contributed by atoms with Gasteiger partial charge in [0.25, 0.3) is 5.91 Å². The third-order valence-electron chi connectivity index (χ3n) is 4.28. The Morgan fingerprint density at radius 2 is 1.93 bits per heavy atom. The van der Waals surface area contributed by atoms with Gasteiger partial charge in [-0.2, -0.15) is 5.10 Å². The number of aryl methyl sites for hydroxylation is 1. The van der Waals surface area contributed by atoms with Gasteiger partial charge in [0, 0.05) is 23.7 Å². The highest BCUT2D eigenvalue weighted by atomic mass is 32.1. The summed E-state index contributed by atoms with van der Waals surface area (Å²) in [6.45, 7) is 2.67. The quantitative estimate of drug-likeness (QED) is 0.502. The number of thiazole rings is 1. The van der Waals surface area contributed by atoms with Gasteiger partial charge in [0.1, 0.15) is 12.4 Å². The number of para-hydroxylation sites is 2. The van der Waals surface area contributed by atoms with Crippen molar-refractivity contribution in [3.8, 4) is 11.4 Å². The van der Waals surface area contributed by atoms with Crippen molar-refractivity contribution in [3.63, 3.8) is 0 Å². The summed E-state index contributed by atoms with van der Waals surface area (Å²) in [6, 6.07) is 17.1. The van der Waals surface area contributed by atoms with Gasteiger partial charge in [-0.25, -0.2) is 9.67 Å². The molecule has 2 heterocycles. The van der Waals surface area contributed by atoms with E-state index in [0.717, 1.165) is 22.0 Å². The molecule has 0 bridgehead atoms. The van der Waals surface area contributed by atoms with Crippen LogP contribution in [-0.4, -0.2) is 20.7 Å². The second kappa shape index (κ2) is 8.70. The molecule has 0 fully saturated rings. The molecule has 6 nitrogen and oxygen atoms in total. The number of benzene rings is 2. The van der Waals surface area contributed by atoms with Gasteiger partial charge in [0.15, 0.2) is 0 Å². The lowest BCUT2D eigenvalue weighted by Gasteiger charge is -2.10. The number of aromatic nitrogens is 3. The van der Waals surface area contributed by atoms with Gasteiger partial charge in [-0.15, -0.1) is 11.3 Å². The summed E-state index contributed by atoms with van der Waals surface area (Å²) >= 11 is 1.58. The molecule has 146 valence electrons. The van der Waals surface area contributed by atoms with Gasteiger partial charge in [-0.1, -0.05) is 30.3 Å². The number of ether oxygens (including phenoxy) is 1. The van der Waals surface area contributed by atoms with Gasteiger partial charge in [-0.05, 0) is 31.2 Å². The topological polar surface area (TPSA) is 69.0 Å². The first-order valence-electron chi connectivity index (χ1n) is 9.19. The normalized spacial score (nSPS) is 10.7. The summed E-state index contributed by atoms with van der Waals surface area (Å²) < 4.78 is 7.62. The van der Waals surface area contributed by atoms with Gasteiger partial charge < -0.3 is 10.1 Å². The molecular weight excluding hydrogens is 384 g/mol. The van der Waals surface area contributed by atoms with E-state index in [1.807, 2.05) is 61.0 Å². The molecule has 2 aromatic heterocycles. The van der Waals surface area contributed by atoms with Crippen molar-refractivity contribution in [2.75, 3.05) is 0 Å². The molecular formula is C22H20N4O2S. The van der Waals surface area contributed by atoms with Gasteiger partial charge in [0.05, 0.1) is 28.1 Å². The first-order valence-corrected chi connectivity index (χ1v) is 10.1. The molecule has 4 rings (SSSR count). The van der Waals surface area contributed by atoms with E-state index >= 15 is 0 Å². The zero-order valence-electron chi connectivity index (χ0n) is 15.9. The van der Waals surface area contributed by atoms with E-state index in [1.165, 1.54) is 0 Å². The van der Waals surface area contributed by atoms with Crippen LogP contribution in [0.5, 0.6) is 5.75 Å². The van der Waals surface area contributed by atoms with Crippen molar-refractivity contribution in [1.29, 1.82) is 0 Å². The number of hydrogen-bond acceptors (Lipinski definition) is 5. The van der Waals surface area contributed by atoms with Crippen LogP contribution >= 0.6 is 11.3 Å². The molecule has 0 aliphatic carbocycles. The molecule has 4 aromatic rings. The summed E-state index contributed by atoms with van der Waals surface area (Å²) in [6.07, 6.45) is 3.66. The number of carbonyl (C=O) groups excluding carboxylic acids is 1. The monoisotopic (exact) mass is 404 g/mol. The molecule has 0 aliphatic heterocycles. The highest BCUT2D eigenvalue weighted by molar-refractivity contribution is 7.09. The third-order valence-corrected chi connectivity index (χ3v) is 5.11. The molecule has 1 amide bonds. The Hall–Kier alpha value is -3.45. The second-order valence-electron chi connectivity index (χ2n) is 6.45. The minimum Gasteiger partial charge on any atom is -0.486 e. The fraction of sp³-hybridized carbons (Fsp3) is 0.136. The van der Waals surface area contributed by atoms with Crippen LogP contribution in [-0.2, 0) is 13.2 Å². The van der Waals surface area contributed by atoms with E-state index in [1.54, 1.807) is 34.3 Å². The van der Waals surface area contributed by atoms with Crippen molar-refractivity contribution in [2.45, 2.75) is 20.1 Å². The molecule has 0 unspecified atom stereocenters. The number of nitrogens with zero attached hydrogens (tertiary/aromatic N) is 3. The second-order valence-corrected chi connectivity index (χ2v) is 7.52. The predicted octanol–water partition coefficient (Wildman–Crippen LogP) is 4.15. The van der Waals surface area contributed by atoms with Crippen LogP contribution in [0.1, 0.15) is 26.6 Å². The first kappa shape index (κ1) is 18.9. The number of nitrogens with one attached hydrogen (secondary N) is 1. The molecule has 1 N–H and O–H groups in total. The summed E-state index contributed by atoms with van der Waals surface area (Å²) in [4.78, 5) is 17.1. The van der Waals surface area contributed by atoms with Crippen molar-refractivity contribution >= 4 is 17.2 Å². The molecule has 0 saturated heterocycles. The van der Waals surface area contributed by atoms with E-state index in [-0.39, 0.29) is 5.91 Å². The molecule has 0 radical (unpaired) electrons. The lowest BCUT2D eigenvalue weighted by molar-refractivity contribution is 0.0946. The predicted molar refractivity (Wildman–Crippen MR) is 112 cm³/mol. The van der Waals surface area contributed by atoms with Crippen LogP contribution in [0.2, 0.25) is 0 Å². The van der Waals surface area contributed by atoms with E-state index in [2.05, 4.69) is 15.4 Å². The Morgan fingerprint density at radius 3 is 2.72 bits per heavy atom. The molecule has 0 saturated carbocycles. The van der Waals surface area contributed by atoms with E-state index in [9.17, 15) is 4.79 Å². The first-order chi connectivity index (χ1) is 14.2. The maximum absolute atomic E-state index is 12.7. The molecule has 29 heavy (non-hydrogen) atoms. The molecule has 0 aliphatic rings. The zero-order chi connectivity index (χ0) is 20.1. The van der Waals surface area contributed by atoms with Crippen LogP contribution in [0, 0.1) is 6.92 Å². The highest BCUT2D eigenvalue weighted by Crippen LogP contribution is 2.20. The van der Waals surface area contributed by atoms with Gasteiger partial charge in [0.2, 0.25) is 0 Å². The van der Waals surface area contributed by atoms with E-state index < -0.39 is 0 Å². The Kier molecular flexibility index (Phi) is 5.67. The highest BCUT2D eigenvalue weighted by Gasteiger charge is 2.13. The summed E-state index contributed by atoms with van der Waals surface area (Å²) in [5.74, 6) is 0.346. The number of hydrogen-bond donors (Lipinski definition) is 1. The minimum atomic E-state index is -0.192. The SMILES string of the molecule is Cc1nc(COc2ccccc2C(=O)NCc2cnn(-c3ccccc3)c2)cs1. The van der Waals surface area contributed by atoms with Crippen LogP contribution in [0.15, 0.2) is 72.4 Å². The van der Waals surface area contributed by atoms with E-state index in [0.29, 0.717) is 24.5 Å². The van der Waals surface area contributed by atoms with Crippen molar-refractivity contribution < 1.29 is 9.53 Å². The zero-order valence-corrected chi connectivity index (χ0v) is 16.7. The Balaban J connectivity index is 1.39. The fourth-order valence-electron chi connectivity index (χ4n) is 2.86. The van der Waals surface area contributed by atoms with Gasteiger partial charge >= 0.3 is 0 Å². The summed E-state index contributed by atoms with van der Waals surface area (Å²) in [7, 11) is 0. The lowest BCUT2D eigenvalue weighted by Crippen LogP contribution is -2.23. The maximum atomic E-state index is 12.7. The Labute approximate surface area is 172 Å². The molecule has 2 aromatic carbocycles. The average Bonchev–Trinajstić information content (AvgIpc) is 3.40. The van der Waals surface area contributed by atoms with Crippen molar-refractivity contribution in [2.24, 2.45) is 0 Å². The Bertz CT molecular complexity index is 1100. The molecule has 7 heteroatoms. The smallest absolute Gasteiger partial charge is 0.255 e. The maximum Gasteiger partial charge on any atom is 0.255 e.